The number of carbonyl (C=O) groups excluding carboxylic acids is 2. The number of hydrogen-bond donors (Lipinski definition) is 1. The highest BCUT2D eigenvalue weighted by Gasteiger charge is 2.28. The minimum absolute atomic E-state index is 0.0193. The molecule has 0 fully saturated rings. The molecule has 0 saturated carbocycles. The van der Waals surface area contributed by atoms with Gasteiger partial charge in [-0.25, -0.2) is 0 Å². The van der Waals surface area contributed by atoms with Crippen LogP contribution >= 0.6 is 0 Å². The first kappa shape index (κ1) is 28.9. The lowest BCUT2D eigenvalue weighted by atomic mass is 9.95. The number of amides is 2. The van der Waals surface area contributed by atoms with E-state index in [9.17, 15) is 9.59 Å². The second-order valence-corrected chi connectivity index (χ2v) is 9.86. The summed E-state index contributed by atoms with van der Waals surface area (Å²) in [6.07, 6.45) is 3.33. The number of para-hydroxylation sites is 2. The van der Waals surface area contributed by atoms with Crippen LogP contribution in [0.2, 0.25) is 0 Å². The third kappa shape index (κ3) is 7.10. The van der Waals surface area contributed by atoms with Crippen LogP contribution < -0.4 is 4.74 Å². The van der Waals surface area contributed by atoms with Crippen LogP contribution in [-0.2, 0) is 27.3 Å². The SMILES string of the molecule is CCC(C(=O)N(CCOC)CC(=O)N(CCc1c[nH]c2ccccc12)Cc1ccccc1OC)c1ccccc1. The highest BCUT2D eigenvalue weighted by molar-refractivity contribution is 5.89. The summed E-state index contributed by atoms with van der Waals surface area (Å²) in [5, 5.41) is 1.15. The summed E-state index contributed by atoms with van der Waals surface area (Å²) in [4.78, 5) is 34.5. The van der Waals surface area contributed by atoms with Crippen LogP contribution in [0.5, 0.6) is 5.75 Å². The van der Waals surface area contributed by atoms with Crippen LogP contribution in [0.15, 0.2) is 85.1 Å². The smallest absolute Gasteiger partial charge is 0.242 e. The van der Waals surface area contributed by atoms with E-state index in [1.54, 1.807) is 19.1 Å². The zero-order valence-corrected chi connectivity index (χ0v) is 23.6. The molecule has 4 aromatic rings. The number of aromatic nitrogens is 1. The van der Waals surface area contributed by atoms with Gasteiger partial charge < -0.3 is 24.3 Å². The van der Waals surface area contributed by atoms with Gasteiger partial charge in [0, 0.05) is 49.4 Å². The van der Waals surface area contributed by atoms with Crippen molar-refractivity contribution < 1.29 is 19.1 Å². The molecule has 40 heavy (non-hydrogen) atoms. The van der Waals surface area contributed by atoms with E-state index in [4.69, 9.17) is 9.47 Å². The maximum atomic E-state index is 13.9. The molecule has 0 aliphatic carbocycles. The molecule has 3 aromatic carbocycles. The molecule has 0 aliphatic heterocycles. The summed E-state index contributed by atoms with van der Waals surface area (Å²) in [7, 11) is 3.24. The lowest BCUT2D eigenvalue weighted by Gasteiger charge is -2.30. The number of aromatic amines is 1. The van der Waals surface area contributed by atoms with Gasteiger partial charge in [-0.3, -0.25) is 9.59 Å². The Balaban J connectivity index is 1.57. The molecule has 1 unspecified atom stereocenters. The Labute approximate surface area is 236 Å². The molecule has 2 amide bonds. The Morgan fingerprint density at radius 2 is 1.57 bits per heavy atom. The number of carbonyl (C=O) groups is 2. The largest absolute Gasteiger partial charge is 0.496 e. The van der Waals surface area contributed by atoms with Crippen molar-refractivity contribution in [2.75, 3.05) is 40.5 Å². The maximum absolute atomic E-state index is 13.9. The van der Waals surface area contributed by atoms with E-state index >= 15 is 0 Å². The number of benzene rings is 3. The van der Waals surface area contributed by atoms with Gasteiger partial charge >= 0.3 is 0 Å². The number of hydrogen-bond acceptors (Lipinski definition) is 4. The predicted molar refractivity (Wildman–Crippen MR) is 158 cm³/mol. The molecule has 7 heteroatoms. The van der Waals surface area contributed by atoms with Gasteiger partial charge in [-0.15, -0.1) is 0 Å². The van der Waals surface area contributed by atoms with Gasteiger partial charge in [-0.2, -0.15) is 0 Å². The minimum Gasteiger partial charge on any atom is -0.496 e. The average molecular weight is 542 g/mol. The molecular formula is C33H39N3O4. The van der Waals surface area contributed by atoms with Gasteiger partial charge in [0.05, 0.1) is 26.2 Å². The summed E-state index contributed by atoms with van der Waals surface area (Å²) >= 11 is 0. The van der Waals surface area contributed by atoms with E-state index in [0.29, 0.717) is 39.1 Å². The summed E-state index contributed by atoms with van der Waals surface area (Å²) in [6, 6.07) is 25.7. The van der Waals surface area contributed by atoms with Crippen LogP contribution in [0.25, 0.3) is 10.9 Å². The molecule has 1 heterocycles. The molecule has 4 rings (SSSR count). The van der Waals surface area contributed by atoms with E-state index in [2.05, 4.69) is 11.1 Å². The van der Waals surface area contributed by atoms with E-state index in [1.807, 2.05) is 90.8 Å². The molecular weight excluding hydrogens is 502 g/mol. The molecule has 1 N–H and O–H groups in total. The van der Waals surface area contributed by atoms with Crippen molar-refractivity contribution in [2.45, 2.75) is 32.2 Å². The van der Waals surface area contributed by atoms with E-state index < -0.39 is 0 Å². The third-order valence-corrected chi connectivity index (χ3v) is 7.34. The molecule has 0 spiro atoms. The van der Waals surface area contributed by atoms with Crippen molar-refractivity contribution in [3.8, 4) is 5.75 Å². The monoisotopic (exact) mass is 541 g/mol. The Bertz CT molecular complexity index is 1380. The van der Waals surface area contributed by atoms with Gasteiger partial charge in [-0.05, 0) is 36.1 Å². The number of rotatable bonds is 14. The van der Waals surface area contributed by atoms with Crippen LogP contribution in [0.1, 0.15) is 36.0 Å². The lowest BCUT2D eigenvalue weighted by Crippen LogP contribution is -2.46. The number of H-pyrrole nitrogens is 1. The number of ether oxygens (including phenoxy) is 2. The quantitative estimate of drug-likeness (QED) is 0.231. The van der Waals surface area contributed by atoms with E-state index in [1.165, 1.54) is 0 Å². The predicted octanol–water partition coefficient (Wildman–Crippen LogP) is 5.42. The minimum atomic E-state index is -0.320. The Morgan fingerprint density at radius 3 is 2.33 bits per heavy atom. The van der Waals surface area contributed by atoms with Gasteiger partial charge in [0.15, 0.2) is 0 Å². The first-order valence-corrected chi connectivity index (χ1v) is 13.8. The fourth-order valence-electron chi connectivity index (χ4n) is 5.12. The molecule has 1 atom stereocenters. The van der Waals surface area contributed by atoms with Gasteiger partial charge in [0.25, 0.3) is 0 Å². The van der Waals surface area contributed by atoms with E-state index in [0.717, 1.165) is 33.3 Å². The van der Waals surface area contributed by atoms with Crippen molar-refractivity contribution in [1.82, 2.24) is 14.8 Å². The van der Waals surface area contributed by atoms with Gasteiger partial charge in [0.2, 0.25) is 11.8 Å². The van der Waals surface area contributed by atoms with Crippen molar-refractivity contribution in [1.29, 1.82) is 0 Å². The fraction of sp³-hybridized carbons (Fsp3) is 0.333. The van der Waals surface area contributed by atoms with Gasteiger partial charge in [-0.1, -0.05) is 73.7 Å². The number of methoxy groups -OCH3 is 2. The third-order valence-electron chi connectivity index (χ3n) is 7.34. The van der Waals surface area contributed by atoms with Crippen molar-refractivity contribution in [3.63, 3.8) is 0 Å². The summed E-state index contributed by atoms with van der Waals surface area (Å²) < 4.78 is 10.9. The Kier molecular flexibility index (Phi) is 10.4. The second-order valence-electron chi connectivity index (χ2n) is 9.86. The molecule has 7 nitrogen and oxygen atoms in total. The molecule has 1 aromatic heterocycles. The lowest BCUT2D eigenvalue weighted by molar-refractivity contribution is -0.142. The molecule has 0 radical (unpaired) electrons. The summed E-state index contributed by atoms with van der Waals surface area (Å²) in [5.41, 5.74) is 4.09. The molecule has 0 bridgehead atoms. The second kappa shape index (κ2) is 14.3. The number of fused-ring (bicyclic) bond motifs is 1. The standard InChI is InChI=1S/C33H39N3O4/c1-4-28(25-12-6-5-7-13-25)33(38)36(20-21-39-2)24-32(37)35(23-27-14-8-11-17-31(27)40-3)19-18-26-22-34-30-16-10-9-15-29(26)30/h5-17,22,28,34H,4,18-21,23-24H2,1-3H3. The van der Waals surface area contributed by atoms with Crippen molar-refractivity contribution in [2.24, 2.45) is 0 Å². The first-order chi connectivity index (χ1) is 19.5. The number of nitrogens with one attached hydrogen (secondary N) is 1. The topological polar surface area (TPSA) is 74.9 Å². The molecule has 210 valence electrons. The zero-order valence-electron chi connectivity index (χ0n) is 23.6. The number of nitrogens with zero attached hydrogens (tertiary/aromatic N) is 2. The van der Waals surface area contributed by atoms with Crippen LogP contribution in [0.4, 0.5) is 0 Å². The molecule has 0 saturated heterocycles. The highest BCUT2D eigenvalue weighted by atomic mass is 16.5. The van der Waals surface area contributed by atoms with Crippen LogP contribution in [0, 0.1) is 0 Å². The highest BCUT2D eigenvalue weighted by Crippen LogP contribution is 2.24. The Hall–Kier alpha value is -4.10. The van der Waals surface area contributed by atoms with Gasteiger partial charge in [0.1, 0.15) is 5.75 Å². The van der Waals surface area contributed by atoms with Crippen molar-refractivity contribution >= 4 is 22.7 Å². The summed E-state index contributed by atoms with van der Waals surface area (Å²) in [6.45, 7) is 3.56. The zero-order chi connectivity index (χ0) is 28.3. The summed E-state index contributed by atoms with van der Waals surface area (Å²) in [5.74, 6) is 0.237. The van der Waals surface area contributed by atoms with Crippen molar-refractivity contribution in [3.05, 3.63) is 102 Å². The van der Waals surface area contributed by atoms with Crippen LogP contribution in [-0.4, -0.2) is 67.1 Å². The average Bonchev–Trinajstić information content (AvgIpc) is 3.41. The molecule has 0 aliphatic rings. The fourth-order valence-corrected chi connectivity index (χ4v) is 5.12. The normalized spacial score (nSPS) is 11.8. The van der Waals surface area contributed by atoms with Crippen LogP contribution in [0.3, 0.4) is 0 Å². The first-order valence-electron chi connectivity index (χ1n) is 13.8. The Morgan fingerprint density at radius 1 is 0.850 bits per heavy atom. The maximum Gasteiger partial charge on any atom is 0.242 e. The van der Waals surface area contributed by atoms with E-state index in [-0.39, 0.29) is 24.3 Å².